The van der Waals surface area contributed by atoms with Crippen LogP contribution in [-0.2, 0) is 0 Å². The van der Waals surface area contributed by atoms with Crippen molar-refractivity contribution >= 4 is 30.1 Å². The van der Waals surface area contributed by atoms with Gasteiger partial charge in [0.25, 0.3) is 0 Å². The van der Waals surface area contributed by atoms with Crippen LogP contribution in [0.4, 0.5) is 3.89 Å². The van der Waals surface area contributed by atoms with E-state index < -0.39 is 0 Å². The zero-order chi connectivity index (χ0) is 16.4. The first kappa shape index (κ1) is 16.5. The van der Waals surface area contributed by atoms with Gasteiger partial charge in [-0.1, -0.05) is 6.42 Å². The summed E-state index contributed by atoms with van der Waals surface area (Å²) >= 11 is 2.00. The quantitative estimate of drug-likeness (QED) is 0.759. The van der Waals surface area contributed by atoms with Crippen molar-refractivity contribution in [1.29, 1.82) is 0 Å². The van der Waals surface area contributed by atoms with Gasteiger partial charge in [0, 0.05) is 42.0 Å². The first-order chi connectivity index (χ1) is 11.8. The minimum Gasteiger partial charge on any atom is -0.340 e. The van der Waals surface area contributed by atoms with E-state index in [1.54, 1.807) is 11.9 Å². The molecule has 1 aromatic carbocycles. The summed E-state index contributed by atoms with van der Waals surface area (Å²) in [6.45, 7) is 6.27. The van der Waals surface area contributed by atoms with Crippen LogP contribution in [0, 0.1) is 0 Å². The third-order valence-electron chi connectivity index (χ3n) is 5.10. The summed E-state index contributed by atoms with van der Waals surface area (Å²) in [6, 6.07) is 8.47. The topological polar surface area (TPSA) is 22.1 Å². The highest BCUT2D eigenvalue weighted by Crippen LogP contribution is 2.30. The van der Waals surface area contributed by atoms with E-state index in [0.29, 0.717) is 17.0 Å². The fourth-order valence-corrected chi connectivity index (χ4v) is 4.66. The Bertz CT molecular complexity index is 583. The first-order valence-corrected chi connectivity index (χ1v) is 10.2. The van der Waals surface area contributed by atoms with Crippen LogP contribution < -0.4 is 0 Å². The molecule has 4 rings (SSSR count). The maximum atomic E-state index is 12.6. The minimum absolute atomic E-state index is 0.293. The average Bonchev–Trinajstić information content (AvgIpc) is 3.03. The van der Waals surface area contributed by atoms with Crippen LogP contribution >= 0.6 is 24.1 Å². The molecule has 1 saturated carbocycles. The maximum absolute atomic E-state index is 12.6. The normalized spacial score (nSPS) is 22.6. The van der Waals surface area contributed by atoms with Crippen LogP contribution in [0.1, 0.15) is 19.3 Å². The molecular weight excluding hydrogens is 343 g/mol. The summed E-state index contributed by atoms with van der Waals surface area (Å²) in [5.74, 6) is 1.12. The van der Waals surface area contributed by atoms with Crippen LogP contribution in [0.25, 0.3) is 0 Å². The molecular formula is C17H23FN4S2. The van der Waals surface area contributed by atoms with Crippen LogP contribution in [0.3, 0.4) is 0 Å². The zero-order valence-electron chi connectivity index (χ0n) is 13.7. The number of piperazine rings is 1. The number of aliphatic imine (C=N–C) groups is 1. The Morgan fingerprint density at radius 2 is 1.67 bits per heavy atom. The number of halogens is 1. The van der Waals surface area contributed by atoms with Gasteiger partial charge < -0.3 is 4.90 Å². The van der Waals surface area contributed by atoms with Gasteiger partial charge in [-0.2, -0.15) is 3.89 Å². The lowest BCUT2D eigenvalue weighted by Gasteiger charge is -2.44. The highest BCUT2D eigenvalue weighted by molar-refractivity contribution is 7.97. The van der Waals surface area contributed by atoms with E-state index in [2.05, 4.69) is 14.1 Å². The maximum Gasteiger partial charge on any atom is 0.207 e. The summed E-state index contributed by atoms with van der Waals surface area (Å²) in [4.78, 5) is 11.6. The van der Waals surface area contributed by atoms with Gasteiger partial charge in [-0.25, -0.2) is 0 Å². The molecule has 0 atom stereocenters. The number of guanidine groups is 1. The molecule has 3 aliphatic rings. The lowest BCUT2D eigenvalue weighted by Crippen LogP contribution is -2.55. The van der Waals surface area contributed by atoms with E-state index in [-0.39, 0.29) is 0 Å². The molecule has 0 N–H and O–H groups in total. The van der Waals surface area contributed by atoms with E-state index in [1.165, 1.54) is 19.3 Å². The molecule has 0 spiro atoms. The van der Waals surface area contributed by atoms with E-state index in [0.717, 1.165) is 56.2 Å². The van der Waals surface area contributed by atoms with Crippen molar-refractivity contribution in [1.82, 2.24) is 14.1 Å². The van der Waals surface area contributed by atoms with Crippen LogP contribution in [-0.4, -0.2) is 65.4 Å². The van der Waals surface area contributed by atoms with Crippen molar-refractivity contribution in [2.75, 3.05) is 39.3 Å². The lowest BCUT2D eigenvalue weighted by atomic mass is 9.91. The van der Waals surface area contributed by atoms with Crippen molar-refractivity contribution in [3.05, 3.63) is 24.3 Å². The van der Waals surface area contributed by atoms with Crippen LogP contribution in [0.2, 0.25) is 0 Å². The number of hydrogen-bond donors (Lipinski definition) is 0. The Balaban J connectivity index is 1.34. The molecule has 2 fully saturated rings. The molecule has 130 valence electrons. The fourth-order valence-electron chi connectivity index (χ4n) is 3.48. The zero-order valence-corrected chi connectivity index (χ0v) is 15.4. The fraction of sp³-hybridized carbons (Fsp3) is 0.588. The molecule has 1 aliphatic carbocycles. The Labute approximate surface area is 151 Å². The number of benzene rings is 1. The molecule has 0 bridgehead atoms. The summed E-state index contributed by atoms with van der Waals surface area (Å²) in [7, 11) is 0. The van der Waals surface area contributed by atoms with Gasteiger partial charge in [-0.15, -0.1) is 0 Å². The molecule has 24 heavy (non-hydrogen) atoms. The Hall–Kier alpha value is -0.920. The van der Waals surface area contributed by atoms with Gasteiger partial charge in [0.15, 0.2) is 0 Å². The predicted molar refractivity (Wildman–Crippen MR) is 99.1 cm³/mol. The summed E-state index contributed by atoms with van der Waals surface area (Å²) < 4.78 is 14.8. The monoisotopic (exact) mass is 366 g/mol. The minimum atomic E-state index is 0.293. The predicted octanol–water partition coefficient (Wildman–Crippen LogP) is 3.51. The third-order valence-corrected chi connectivity index (χ3v) is 6.60. The van der Waals surface area contributed by atoms with Gasteiger partial charge >= 0.3 is 0 Å². The van der Waals surface area contributed by atoms with Crippen molar-refractivity contribution in [3.8, 4) is 0 Å². The second-order valence-electron chi connectivity index (χ2n) is 6.53. The Kier molecular flexibility index (Phi) is 5.20. The Morgan fingerprint density at radius 3 is 2.29 bits per heavy atom. The van der Waals surface area contributed by atoms with E-state index in [9.17, 15) is 3.89 Å². The van der Waals surface area contributed by atoms with Crippen molar-refractivity contribution in [2.45, 2.75) is 35.1 Å². The number of nitrogens with zero attached hydrogens (tertiary/aromatic N) is 4. The first-order valence-electron chi connectivity index (χ1n) is 8.71. The molecule has 4 nitrogen and oxygen atoms in total. The summed E-state index contributed by atoms with van der Waals surface area (Å²) in [6.07, 6.45) is 4.17. The van der Waals surface area contributed by atoms with Gasteiger partial charge in [0.2, 0.25) is 5.96 Å². The van der Waals surface area contributed by atoms with E-state index in [4.69, 9.17) is 4.99 Å². The molecule has 1 saturated heterocycles. The largest absolute Gasteiger partial charge is 0.340 e. The van der Waals surface area contributed by atoms with Crippen LogP contribution in [0.5, 0.6) is 0 Å². The van der Waals surface area contributed by atoms with Gasteiger partial charge in [0.1, 0.15) is 0 Å². The molecule has 0 radical (unpaired) electrons. The molecule has 7 heteroatoms. The van der Waals surface area contributed by atoms with Gasteiger partial charge in [-0.05, 0) is 49.1 Å². The molecule has 2 aliphatic heterocycles. The SMILES string of the molecule is FSc1ccc(SN2CCN=C2N2CCN(C3CCC3)CC2)cc1. The molecule has 1 aromatic rings. The smallest absolute Gasteiger partial charge is 0.207 e. The Morgan fingerprint density at radius 1 is 0.958 bits per heavy atom. The van der Waals surface area contributed by atoms with Gasteiger partial charge in [0.05, 0.1) is 25.2 Å². The highest BCUT2D eigenvalue weighted by Gasteiger charge is 2.31. The summed E-state index contributed by atoms with van der Waals surface area (Å²) in [5, 5.41) is 0. The van der Waals surface area contributed by atoms with Crippen molar-refractivity contribution in [3.63, 3.8) is 0 Å². The lowest BCUT2D eigenvalue weighted by molar-refractivity contribution is 0.0835. The molecule has 2 heterocycles. The van der Waals surface area contributed by atoms with Crippen molar-refractivity contribution < 1.29 is 3.89 Å². The van der Waals surface area contributed by atoms with Crippen molar-refractivity contribution in [2.24, 2.45) is 4.99 Å². The van der Waals surface area contributed by atoms with E-state index >= 15 is 0 Å². The van der Waals surface area contributed by atoms with Gasteiger partial charge in [-0.3, -0.25) is 14.2 Å². The number of hydrogen-bond acceptors (Lipinski definition) is 6. The average molecular weight is 367 g/mol. The van der Waals surface area contributed by atoms with Crippen LogP contribution in [0.15, 0.2) is 39.0 Å². The molecule has 0 aromatic heterocycles. The second-order valence-corrected chi connectivity index (χ2v) is 8.25. The standard InChI is InChI=1S/C17H23FN4S2/c18-23-15-4-6-16(7-5-15)24-22-9-8-19-17(22)21-12-10-20(11-13-21)14-2-1-3-14/h4-7,14H,1-3,8-13H2. The number of rotatable bonds is 4. The second kappa shape index (κ2) is 7.54. The molecule has 0 unspecified atom stereocenters. The third kappa shape index (κ3) is 3.53. The van der Waals surface area contributed by atoms with E-state index in [1.807, 2.05) is 24.3 Å². The highest BCUT2D eigenvalue weighted by atomic mass is 32.2. The summed E-state index contributed by atoms with van der Waals surface area (Å²) in [5.41, 5.74) is 0. The molecule has 0 amide bonds.